The van der Waals surface area contributed by atoms with Crippen LogP contribution in [0.2, 0.25) is 0 Å². The topological polar surface area (TPSA) is 66.4 Å². The molecular weight excluding hydrogens is 225 g/mol. The molecule has 17 heavy (non-hydrogen) atoms. The van der Waals surface area contributed by atoms with Gasteiger partial charge in [-0.05, 0) is 18.2 Å². The number of terminal acetylenes is 1. The lowest BCUT2D eigenvalue weighted by atomic mass is 10.1. The maximum atomic E-state index is 12.8. The Bertz CT molecular complexity index is 479. The van der Waals surface area contributed by atoms with Crippen molar-refractivity contribution in [3.05, 3.63) is 35.6 Å². The predicted octanol–water partition coefficient (Wildman–Crippen LogP) is 1.03. The molecule has 0 fully saturated rings. The van der Waals surface area contributed by atoms with Crippen LogP contribution in [0.5, 0.6) is 0 Å². The van der Waals surface area contributed by atoms with Crippen molar-refractivity contribution in [1.82, 2.24) is 5.32 Å². The van der Waals surface area contributed by atoms with E-state index in [2.05, 4.69) is 11.2 Å². The van der Waals surface area contributed by atoms with Crippen molar-refractivity contribution >= 4 is 11.9 Å². The SMILES string of the molecule is C#CCC(NC(=O)c1cccc(F)c1)C(=O)O. The zero-order chi connectivity index (χ0) is 12.8. The number of carboxylic acid groups (broad SMARTS) is 1. The van der Waals surface area contributed by atoms with Crippen molar-refractivity contribution in [3.63, 3.8) is 0 Å². The Morgan fingerprint density at radius 2 is 2.24 bits per heavy atom. The Morgan fingerprint density at radius 1 is 1.53 bits per heavy atom. The third kappa shape index (κ3) is 3.61. The van der Waals surface area contributed by atoms with Crippen LogP contribution in [-0.2, 0) is 4.79 Å². The monoisotopic (exact) mass is 235 g/mol. The lowest BCUT2D eigenvalue weighted by Crippen LogP contribution is -2.40. The van der Waals surface area contributed by atoms with Crippen LogP contribution in [0.25, 0.3) is 0 Å². The maximum absolute atomic E-state index is 12.8. The van der Waals surface area contributed by atoms with Crippen LogP contribution < -0.4 is 5.32 Å². The molecule has 5 heteroatoms. The normalized spacial score (nSPS) is 11.3. The number of aliphatic carboxylic acids is 1. The number of benzene rings is 1. The Balaban J connectivity index is 2.78. The Morgan fingerprint density at radius 3 is 2.76 bits per heavy atom. The van der Waals surface area contributed by atoms with Gasteiger partial charge in [0.15, 0.2) is 0 Å². The highest BCUT2D eigenvalue weighted by Gasteiger charge is 2.19. The van der Waals surface area contributed by atoms with E-state index < -0.39 is 23.7 Å². The summed E-state index contributed by atoms with van der Waals surface area (Å²) in [6, 6.07) is 3.78. The fourth-order valence-corrected chi connectivity index (χ4v) is 1.19. The Labute approximate surface area is 97.5 Å². The first-order chi connectivity index (χ1) is 8.04. The van der Waals surface area contributed by atoms with Crippen molar-refractivity contribution in [3.8, 4) is 12.3 Å². The molecule has 1 rings (SSSR count). The number of rotatable bonds is 4. The van der Waals surface area contributed by atoms with Gasteiger partial charge in [0, 0.05) is 12.0 Å². The first-order valence-electron chi connectivity index (χ1n) is 4.77. The molecule has 1 atom stereocenters. The van der Waals surface area contributed by atoms with Gasteiger partial charge >= 0.3 is 5.97 Å². The number of halogens is 1. The van der Waals surface area contributed by atoms with Crippen LogP contribution in [0.1, 0.15) is 16.8 Å². The molecule has 2 N–H and O–H groups in total. The lowest BCUT2D eigenvalue weighted by Gasteiger charge is -2.11. The summed E-state index contributed by atoms with van der Waals surface area (Å²) in [7, 11) is 0. The van der Waals surface area contributed by atoms with Gasteiger partial charge in [0.1, 0.15) is 11.9 Å². The van der Waals surface area contributed by atoms with Crippen LogP contribution in [-0.4, -0.2) is 23.0 Å². The van der Waals surface area contributed by atoms with E-state index in [1.807, 2.05) is 0 Å². The summed E-state index contributed by atoms with van der Waals surface area (Å²) < 4.78 is 12.8. The van der Waals surface area contributed by atoms with E-state index in [1.54, 1.807) is 0 Å². The quantitative estimate of drug-likeness (QED) is 0.766. The first-order valence-corrected chi connectivity index (χ1v) is 4.77. The molecule has 0 bridgehead atoms. The van der Waals surface area contributed by atoms with Gasteiger partial charge in [-0.25, -0.2) is 9.18 Å². The van der Waals surface area contributed by atoms with Crippen molar-refractivity contribution in [1.29, 1.82) is 0 Å². The molecule has 0 radical (unpaired) electrons. The molecule has 1 aromatic rings. The maximum Gasteiger partial charge on any atom is 0.327 e. The Hall–Kier alpha value is -2.35. The minimum atomic E-state index is -1.23. The summed E-state index contributed by atoms with van der Waals surface area (Å²) in [5, 5.41) is 11.0. The minimum absolute atomic E-state index is 0.0493. The summed E-state index contributed by atoms with van der Waals surface area (Å²) in [4.78, 5) is 22.3. The fraction of sp³-hybridized carbons (Fsp3) is 0.167. The average molecular weight is 235 g/mol. The largest absolute Gasteiger partial charge is 0.480 e. The smallest absolute Gasteiger partial charge is 0.327 e. The molecule has 0 aliphatic heterocycles. The molecule has 0 aliphatic carbocycles. The first kappa shape index (κ1) is 12.7. The van der Waals surface area contributed by atoms with Gasteiger partial charge in [-0.3, -0.25) is 4.79 Å². The summed E-state index contributed by atoms with van der Waals surface area (Å²) >= 11 is 0. The van der Waals surface area contributed by atoms with Crippen molar-refractivity contribution < 1.29 is 19.1 Å². The molecule has 0 aliphatic rings. The van der Waals surface area contributed by atoms with Gasteiger partial charge < -0.3 is 10.4 Å². The number of carboxylic acids is 1. The summed E-state index contributed by atoms with van der Waals surface area (Å²) in [5.74, 6) is -0.323. The van der Waals surface area contributed by atoms with E-state index in [0.29, 0.717) is 0 Å². The highest BCUT2D eigenvalue weighted by Crippen LogP contribution is 2.04. The number of nitrogens with one attached hydrogen (secondary N) is 1. The van der Waals surface area contributed by atoms with Crippen LogP contribution >= 0.6 is 0 Å². The van der Waals surface area contributed by atoms with Crippen molar-refractivity contribution in [2.75, 3.05) is 0 Å². The average Bonchev–Trinajstić information content (AvgIpc) is 2.28. The molecule has 0 spiro atoms. The number of hydrogen-bond acceptors (Lipinski definition) is 2. The van der Waals surface area contributed by atoms with Gasteiger partial charge in [0.05, 0.1) is 0 Å². The van der Waals surface area contributed by atoms with E-state index >= 15 is 0 Å². The Kier molecular flexibility index (Phi) is 4.23. The standard InChI is InChI=1S/C12H10FNO3/c1-2-4-10(12(16)17)14-11(15)8-5-3-6-9(13)7-8/h1,3,5-7,10H,4H2,(H,14,15)(H,16,17). The second-order valence-electron chi connectivity index (χ2n) is 3.28. The third-order valence-electron chi connectivity index (χ3n) is 2.01. The fourth-order valence-electron chi connectivity index (χ4n) is 1.19. The highest BCUT2D eigenvalue weighted by molar-refractivity contribution is 5.96. The summed E-state index contributed by atoms with van der Waals surface area (Å²) in [6.07, 6.45) is 4.85. The summed E-state index contributed by atoms with van der Waals surface area (Å²) in [6.45, 7) is 0. The molecule has 0 saturated heterocycles. The number of carbonyl (C=O) groups is 2. The van der Waals surface area contributed by atoms with E-state index in [0.717, 1.165) is 6.07 Å². The van der Waals surface area contributed by atoms with Gasteiger partial charge in [0.25, 0.3) is 5.91 Å². The number of amides is 1. The molecule has 1 aromatic carbocycles. The molecule has 0 heterocycles. The molecule has 0 aromatic heterocycles. The lowest BCUT2D eigenvalue weighted by molar-refractivity contribution is -0.139. The second-order valence-corrected chi connectivity index (χ2v) is 3.28. The highest BCUT2D eigenvalue weighted by atomic mass is 19.1. The molecule has 4 nitrogen and oxygen atoms in total. The van der Waals surface area contributed by atoms with E-state index in [9.17, 15) is 14.0 Å². The van der Waals surface area contributed by atoms with Crippen LogP contribution in [0.15, 0.2) is 24.3 Å². The zero-order valence-corrected chi connectivity index (χ0v) is 8.81. The number of carbonyl (C=O) groups excluding carboxylic acids is 1. The molecule has 0 saturated carbocycles. The van der Waals surface area contributed by atoms with Crippen molar-refractivity contribution in [2.45, 2.75) is 12.5 Å². The second kappa shape index (κ2) is 5.66. The molecule has 88 valence electrons. The van der Waals surface area contributed by atoms with Crippen LogP contribution in [0.3, 0.4) is 0 Å². The number of hydrogen-bond donors (Lipinski definition) is 2. The van der Waals surface area contributed by atoms with Gasteiger partial charge in [0.2, 0.25) is 0 Å². The van der Waals surface area contributed by atoms with Crippen LogP contribution in [0.4, 0.5) is 4.39 Å². The minimum Gasteiger partial charge on any atom is -0.480 e. The molecular formula is C12H10FNO3. The van der Waals surface area contributed by atoms with Gasteiger partial charge in [-0.1, -0.05) is 6.07 Å². The van der Waals surface area contributed by atoms with Gasteiger partial charge in [-0.2, -0.15) is 0 Å². The van der Waals surface area contributed by atoms with Crippen LogP contribution in [0, 0.1) is 18.2 Å². The van der Waals surface area contributed by atoms with E-state index in [1.165, 1.54) is 18.2 Å². The van der Waals surface area contributed by atoms with E-state index in [4.69, 9.17) is 11.5 Å². The summed E-state index contributed by atoms with van der Waals surface area (Å²) in [5.41, 5.74) is 0.0493. The van der Waals surface area contributed by atoms with Crippen molar-refractivity contribution in [2.24, 2.45) is 0 Å². The molecule has 1 amide bonds. The molecule has 1 unspecified atom stereocenters. The third-order valence-corrected chi connectivity index (χ3v) is 2.01. The van der Waals surface area contributed by atoms with Gasteiger partial charge in [-0.15, -0.1) is 12.3 Å². The predicted molar refractivity (Wildman–Crippen MR) is 58.7 cm³/mol. The van der Waals surface area contributed by atoms with E-state index in [-0.39, 0.29) is 12.0 Å². The zero-order valence-electron chi connectivity index (χ0n) is 8.81.